The normalized spacial score (nSPS) is 27.4. The van der Waals surface area contributed by atoms with Crippen LogP contribution in [0.15, 0.2) is 201 Å². The van der Waals surface area contributed by atoms with E-state index in [0.29, 0.717) is 30.2 Å². The molecule has 7 unspecified atom stereocenters. The van der Waals surface area contributed by atoms with Crippen LogP contribution in [-0.2, 0) is 38.5 Å². The van der Waals surface area contributed by atoms with Crippen LogP contribution in [0.3, 0.4) is 0 Å². The Hall–Kier alpha value is -9.35. The number of pyridine rings is 5. The molecule has 4 bridgehead atoms. The van der Waals surface area contributed by atoms with Gasteiger partial charge >= 0.3 is 0 Å². The summed E-state index contributed by atoms with van der Waals surface area (Å²) in [5, 5.41) is 4.23. The van der Waals surface area contributed by atoms with Gasteiger partial charge in [0.2, 0.25) is 0 Å². The molecular weight excluding hydrogens is 1710 g/mol. The molecule has 5 aromatic carbocycles. The van der Waals surface area contributed by atoms with Crippen LogP contribution in [-0.4, -0.2) is 24.9 Å². The van der Waals surface area contributed by atoms with E-state index in [4.69, 9.17) is 15.0 Å². The average molecular weight is 1840 g/mol. The largest absolute Gasteiger partial charge is 0.354 e. The van der Waals surface area contributed by atoms with Gasteiger partial charge in [0.15, 0.2) is 0 Å². The summed E-state index contributed by atoms with van der Waals surface area (Å²) in [6.07, 6.45) is 28.7. The molecule has 0 saturated heterocycles. The molecule has 6 saturated carbocycles. The highest BCUT2D eigenvalue weighted by Crippen LogP contribution is 2.75. The number of fused-ring (bicyclic) bond motifs is 25. The molecule has 13 aliphatic rings. The molecule has 6 fully saturated rings. The van der Waals surface area contributed by atoms with Crippen LogP contribution in [0.25, 0.3) is 51.1 Å². The molecule has 0 amide bonds. The average Bonchev–Trinajstić information content (AvgIpc) is 1.48. The standard InChI is InChI=1S/C26H28N2S.2C24H28N2S.C22H24N2S.C21H22N2S/c1-15-6-3-4-8-22(15)28-16(2)24-23(21-7-5-9-27-25(21)29-24)26(28)19-11-17-10-18(13-19)14-20(26)12-17;2*1-14-10-8-11-16-20(14)26-15(2)21-18(19-17(27-21)12-9-13-25-19)24(26,7)23(5,6)22(16,3)4;1-15-9-4-5-11-18(15)24-16(2)20-19(22(24)12-6-3-7-13-22)17-10-8-14-23-21(17)25-20;1-14-8-3-4-10-17(14)23-15(2)19-18(21(23)11-5-6-12-21)16-9-7-13-22-20(16)24-19/h3-9,16-20H,10-14H2,1-2H3;2*8-13,15H,1-7H3;4-5,8-11,14,16H,3,6-7,12-13H2,1-2H3;3-4,7-10,13,15H,5-6,11-12H2,1-2H3. The van der Waals surface area contributed by atoms with Gasteiger partial charge in [0, 0.05) is 139 Å². The molecule has 15 aromatic rings. The number of hydrogen-bond acceptors (Lipinski definition) is 15. The Morgan fingerprint density at radius 2 is 0.614 bits per heavy atom. The highest BCUT2D eigenvalue weighted by molar-refractivity contribution is 7.20. The molecule has 0 radical (unpaired) electrons. The van der Waals surface area contributed by atoms with E-state index in [2.05, 4.69) is 343 Å². The molecule has 17 heterocycles. The van der Waals surface area contributed by atoms with Crippen molar-refractivity contribution in [2.24, 2.45) is 34.5 Å². The molecule has 10 aromatic heterocycles. The number of para-hydroxylation sites is 5. The minimum absolute atomic E-state index is 0.0336. The van der Waals surface area contributed by atoms with Crippen LogP contribution in [0.4, 0.5) is 28.4 Å². The van der Waals surface area contributed by atoms with Gasteiger partial charge in [-0.3, -0.25) is 9.97 Å². The zero-order valence-corrected chi connectivity index (χ0v) is 85.2. The molecule has 7 atom stereocenters. The highest BCUT2D eigenvalue weighted by Gasteiger charge is 2.69. The first-order valence-corrected chi connectivity index (χ1v) is 53.7. The van der Waals surface area contributed by atoms with Crippen molar-refractivity contribution in [1.29, 1.82) is 0 Å². The predicted octanol–water partition coefficient (Wildman–Crippen LogP) is 32.6. The van der Waals surface area contributed by atoms with E-state index in [0.717, 1.165) is 23.7 Å². The molecule has 6 aliphatic carbocycles. The van der Waals surface area contributed by atoms with Crippen molar-refractivity contribution in [2.75, 3.05) is 24.5 Å². The van der Waals surface area contributed by atoms with E-state index in [1.54, 1.807) is 26.4 Å². The van der Waals surface area contributed by atoms with Crippen LogP contribution in [0, 0.1) is 69.1 Å². The fourth-order valence-corrected chi connectivity index (χ4v) is 36.5. The number of nitrogens with zero attached hydrogens (tertiary/aromatic N) is 10. The van der Waals surface area contributed by atoms with Crippen LogP contribution in [0.2, 0.25) is 0 Å². The van der Waals surface area contributed by atoms with Gasteiger partial charge in [0.05, 0.1) is 78.3 Å². The maximum Gasteiger partial charge on any atom is 0.123 e. The van der Waals surface area contributed by atoms with Crippen molar-refractivity contribution >= 4 is 136 Å². The Labute approximate surface area is 802 Å². The van der Waals surface area contributed by atoms with Gasteiger partial charge in [-0.05, 0) is 275 Å². The van der Waals surface area contributed by atoms with E-state index < -0.39 is 0 Å². The van der Waals surface area contributed by atoms with E-state index >= 15 is 0 Å². The number of aromatic nitrogens is 5. The van der Waals surface area contributed by atoms with E-state index in [-0.39, 0.29) is 49.4 Å². The van der Waals surface area contributed by atoms with Crippen molar-refractivity contribution in [3.05, 3.63) is 292 Å². The van der Waals surface area contributed by atoms with Crippen molar-refractivity contribution in [3.8, 4) is 0 Å². The Balaban J connectivity index is 0.0000000937. The summed E-state index contributed by atoms with van der Waals surface area (Å²) in [6.45, 7) is 47.8. The first kappa shape index (κ1) is 86.7. The van der Waals surface area contributed by atoms with Crippen LogP contribution < -0.4 is 24.5 Å². The zero-order valence-electron chi connectivity index (χ0n) is 81.2. The summed E-state index contributed by atoms with van der Waals surface area (Å²) in [4.78, 5) is 49.0. The minimum Gasteiger partial charge on any atom is -0.354 e. The summed E-state index contributed by atoms with van der Waals surface area (Å²) in [7, 11) is 0. The van der Waals surface area contributed by atoms with Gasteiger partial charge in [-0.15, -0.1) is 56.7 Å². The Bertz CT molecular complexity index is 6910. The number of thiophene rings is 5. The van der Waals surface area contributed by atoms with Crippen molar-refractivity contribution in [2.45, 2.75) is 297 Å². The van der Waals surface area contributed by atoms with Gasteiger partial charge < -0.3 is 24.5 Å². The number of hydrogen-bond donors (Lipinski definition) is 0. The van der Waals surface area contributed by atoms with Gasteiger partial charge in [0.25, 0.3) is 0 Å². The molecule has 132 heavy (non-hydrogen) atoms. The number of aryl methyl sites for hydroxylation is 5. The monoisotopic (exact) mass is 1830 g/mol. The predicted molar refractivity (Wildman–Crippen MR) is 560 cm³/mol. The van der Waals surface area contributed by atoms with E-state index in [1.807, 2.05) is 87.7 Å². The zero-order chi connectivity index (χ0) is 91.4. The smallest absolute Gasteiger partial charge is 0.123 e. The first-order chi connectivity index (χ1) is 63.4. The molecule has 678 valence electrons. The Morgan fingerprint density at radius 1 is 0.295 bits per heavy atom. The molecule has 10 nitrogen and oxygen atoms in total. The van der Waals surface area contributed by atoms with Crippen LogP contribution in [0.1, 0.15) is 315 Å². The quantitative estimate of drug-likeness (QED) is 0.171. The molecule has 15 heteroatoms. The van der Waals surface area contributed by atoms with Gasteiger partial charge in [0.1, 0.15) is 14.5 Å². The highest BCUT2D eigenvalue weighted by atomic mass is 32.1. The maximum absolute atomic E-state index is 4.86. The first-order valence-electron chi connectivity index (χ1n) is 49.6. The molecule has 0 N–H and O–H groups in total. The third-order valence-electron chi connectivity index (χ3n) is 37.3. The molecule has 3 spiro atoms. The van der Waals surface area contributed by atoms with Gasteiger partial charge in [-0.25, -0.2) is 15.0 Å². The van der Waals surface area contributed by atoms with Gasteiger partial charge in [-0.1, -0.05) is 197 Å². The fourth-order valence-electron chi connectivity index (χ4n) is 30.0. The second kappa shape index (κ2) is 30.8. The lowest BCUT2D eigenvalue weighted by Crippen LogP contribution is -2.62. The second-order valence-electron chi connectivity index (χ2n) is 44.1. The van der Waals surface area contributed by atoms with Crippen LogP contribution in [0.5, 0.6) is 0 Å². The summed E-state index contributed by atoms with van der Waals surface area (Å²) in [5.74, 6) is 3.54. The fraction of sp³-hybridized carbons (Fsp3) is 0.444. The molecular formula is C117H130N10S5. The number of benzene rings is 5. The molecule has 28 rings (SSSR count). The minimum atomic E-state index is -0.100. The van der Waals surface area contributed by atoms with Crippen LogP contribution >= 0.6 is 56.7 Å². The van der Waals surface area contributed by atoms with E-state index in [9.17, 15) is 0 Å². The van der Waals surface area contributed by atoms with Crippen molar-refractivity contribution in [1.82, 2.24) is 24.9 Å². The van der Waals surface area contributed by atoms with Gasteiger partial charge in [-0.2, -0.15) is 0 Å². The van der Waals surface area contributed by atoms with E-state index in [1.165, 1.54) is 234 Å². The summed E-state index contributed by atoms with van der Waals surface area (Å²) < 4.78 is 2.64. The summed E-state index contributed by atoms with van der Waals surface area (Å²) in [6, 6.07) is 64.5. The summed E-state index contributed by atoms with van der Waals surface area (Å²) >= 11 is 9.66. The third-order valence-corrected chi connectivity index (χ3v) is 43.8. The molecule has 7 aliphatic heterocycles. The number of anilines is 5. The maximum atomic E-state index is 4.86. The van der Waals surface area contributed by atoms with Crippen molar-refractivity contribution in [3.63, 3.8) is 0 Å². The van der Waals surface area contributed by atoms with Crippen molar-refractivity contribution < 1.29 is 0 Å². The Kier molecular flexibility index (Phi) is 20.3. The third kappa shape index (κ3) is 11.6. The lowest BCUT2D eigenvalue weighted by molar-refractivity contribution is -0.0596. The summed E-state index contributed by atoms with van der Waals surface area (Å²) in [5.41, 5.74) is 27.7. The number of rotatable bonds is 3. The lowest BCUT2D eigenvalue weighted by atomic mass is 9.47. The SMILES string of the molecule is Cc1cccc2c1N1C(C)c3sc4cccnc4c3C1(C)C(C)(C)C2(C)C.Cc1cccc2c1N1C(C)c3sc4cccnc4c3C1(C)C(C)(C)C2(C)C.Cc1ccccc1N1C(C)c2sc3ncccc3c2C12C1CC3CC(C1)CC2C3.Cc1ccccc1N1C(C)c2sc3ncccc3c2C12CCCC2.Cc1ccccc1N1C(C)c2sc3ncccc3c2C12CCCCC2. The lowest BCUT2D eigenvalue weighted by Gasteiger charge is -2.64. The second-order valence-corrected chi connectivity index (χ2v) is 49.4. The topological polar surface area (TPSA) is 80.7 Å². The Morgan fingerprint density at radius 3 is 1.01 bits per heavy atom.